The Bertz CT molecular complexity index is 363. The molecule has 0 bridgehead atoms. The summed E-state index contributed by atoms with van der Waals surface area (Å²) in [6.07, 6.45) is 0. The number of rotatable bonds is 7. The molecule has 1 N–H and O–H groups in total. The van der Waals surface area contributed by atoms with Gasteiger partial charge in [-0.3, -0.25) is 4.90 Å². The van der Waals surface area contributed by atoms with Crippen molar-refractivity contribution >= 4 is 23.2 Å². The Morgan fingerprint density at radius 2 is 1.53 bits per heavy atom. The second kappa shape index (κ2) is 8.11. The molecule has 0 aliphatic carbocycles. The summed E-state index contributed by atoms with van der Waals surface area (Å²) in [7, 11) is 0. The summed E-state index contributed by atoms with van der Waals surface area (Å²) < 4.78 is 0. The van der Waals surface area contributed by atoms with Gasteiger partial charge in [0.05, 0.1) is 0 Å². The van der Waals surface area contributed by atoms with E-state index in [0.29, 0.717) is 22.1 Å². The van der Waals surface area contributed by atoms with Crippen molar-refractivity contribution in [1.29, 1.82) is 0 Å². The molecule has 19 heavy (non-hydrogen) atoms. The van der Waals surface area contributed by atoms with Crippen molar-refractivity contribution in [1.82, 2.24) is 10.2 Å². The fraction of sp³-hybridized carbons (Fsp3) is 0.600. The molecule has 108 valence electrons. The Balaban J connectivity index is 2.38. The van der Waals surface area contributed by atoms with Crippen LogP contribution in [0.3, 0.4) is 0 Å². The van der Waals surface area contributed by atoms with Crippen LogP contribution in [0.2, 0.25) is 10.0 Å². The molecule has 0 spiro atoms. The first kappa shape index (κ1) is 16.8. The zero-order valence-electron chi connectivity index (χ0n) is 12.2. The molecule has 2 nitrogen and oxygen atoms in total. The zero-order chi connectivity index (χ0) is 14.4. The summed E-state index contributed by atoms with van der Waals surface area (Å²) in [5, 5.41) is 4.82. The van der Waals surface area contributed by atoms with Gasteiger partial charge in [-0.05, 0) is 51.5 Å². The summed E-state index contributed by atoms with van der Waals surface area (Å²) in [5.74, 6) is 0. The lowest BCUT2D eigenvalue weighted by atomic mass is 10.2. The van der Waals surface area contributed by atoms with Gasteiger partial charge in [-0.25, -0.2) is 0 Å². The minimum absolute atomic E-state index is 0.572. The Kier molecular flexibility index (Phi) is 7.16. The highest BCUT2D eigenvalue weighted by Gasteiger charge is 2.12. The summed E-state index contributed by atoms with van der Waals surface area (Å²) in [6, 6.07) is 6.79. The van der Waals surface area contributed by atoms with E-state index in [1.54, 1.807) is 6.07 Å². The lowest BCUT2D eigenvalue weighted by molar-refractivity contribution is 0.176. The molecule has 1 aromatic carbocycles. The Morgan fingerprint density at radius 1 is 1.00 bits per heavy atom. The lowest BCUT2D eigenvalue weighted by Gasteiger charge is -2.30. The third-order valence-electron chi connectivity index (χ3n) is 3.12. The highest BCUT2D eigenvalue weighted by atomic mass is 35.5. The quantitative estimate of drug-likeness (QED) is 0.759. The molecule has 0 radical (unpaired) electrons. The van der Waals surface area contributed by atoms with Gasteiger partial charge in [0, 0.05) is 41.8 Å². The minimum Gasteiger partial charge on any atom is -0.311 e. The second-order valence-electron chi connectivity index (χ2n) is 5.38. The first-order valence-electron chi connectivity index (χ1n) is 6.81. The van der Waals surface area contributed by atoms with Crippen LogP contribution in [0, 0.1) is 0 Å². The van der Waals surface area contributed by atoms with E-state index >= 15 is 0 Å². The third-order valence-corrected chi connectivity index (χ3v) is 3.56. The van der Waals surface area contributed by atoms with Gasteiger partial charge in [-0.1, -0.05) is 23.2 Å². The van der Waals surface area contributed by atoms with E-state index < -0.39 is 0 Å². The minimum atomic E-state index is 0.572. The number of hydrogen-bond acceptors (Lipinski definition) is 2. The van der Waals surface area contributed by atoms with Gasteiger partial charge in [0.15, 0.2) is 0 Å². The number of nitrogens with one attached hydrogen (secondary N) is 1. The molecule has 0 fully saturated rings. The van der Waals surface area contributed by atoms with Gasteiger partial charge in [0.1, 0.15) is 0 Å². The van der Waals surface area contributed by atoms with E-state index in [-0.39, 0.29) is 0 Å². The van der Waals surface area contributed by atoms with Crippen LogP contribution < -0.4 is 5.32 Å². The van der Waals surface area contributed by atoms with Crippen molar-refractivity contribution in [3.63, 3.8) is 0 Å². The van der Waals surface area contributed by atoms with E-state index in [2.05, 4.69) is 37.9 Å². The maximum atomic E-state index is 5.98. The molecule has 0 atom stereocenters. The van der Waals surface area contributed by atoms with E-state index in [4.69, 9.17) is 23.2 Å². The van der Waals surface area contributed by atoms with Crippen molar-refractivity contribution in [2.75, 3.05) is 13.1 Å². The monoisotopic (exact) mass is 302 g/mol. The van der Waals surface area contributed by atoms with E-state index in [1.807, 2.05) is 12.1 Å². The fourth-order valence-corrected chi connectivity index (χ4v) is 2.84. The van der Waals surface area contributed by atoms with Crippen molar-refractivity contribution in [3.8, 4) is 0 Å². The molecular weight excluding hydrogens is 279 g/mol. The fourth-order valence-electron chi connectivity index (χ4n) is 2.27. The maximum Gasteiger partial charge on any atom is 0.0424 e. The van der Waals surface area contributed by atoms with E-state index in [0.717, 1.165) is 25.2 Å². The van der Waals surface area contributed by atoms with Crippen molar-refractivity contribution in [3.05, 3.63) is 33.8 Å². The molecule has 0 aromatic heterocycles. The molecule has 1 aromatic rings. The molecular formula is C15H24Cl2N2. The lowest BCUT2D eigenvalue weighted by Crippen LogP contribution is -2.41. The second-order valence-corrected chi connectivity index (χ2v) is 6.25. The van der Waals surface area contributed by atoms with Crippen LogP contribution in [-0.4, -0.2) is 30.1 Å². The van der Waals surface area contributed by atoms with Crippen LogP contribution in [0.25, 0.3) is 0 Å². The van der Waals surface area contributed by atoms with Crippen LogP contribution >= 0.6 is 23.2 Å². The summed E-state index contributed by atoms with van der Waals surface area (Å²) in [5.41, 5.74) is 1.12. The third kappa shape index (κ3) is 6.13. The standard InChI is InChI=1S/C15H24Cl2N2/c1-11(2)19(12(3)4)6-5-18-10-13-7-14(16)9-15(17)8-13/h7-9,11-12,18H,5-6,10H2,1-4H3. The van der Waals surface area contributed by atoms with Crippen LogP contribution in [0.15, 0.2) is 18.2 Å². The van der Waals surface area contributed by atoms with Gasteiger partial charge in [-0.15, -0.1) is 0 Å². The average molecular weight is 303 g/mol. The molecule has 0 aliphatic rings. The van der Waals surface area contributed by atoms with Gasteiger partial charge in [-0.2, -0.15) is 0 Å². The molecule has 0 aliphatic heterocycles. The molecule has 0 amide bonds. The summed E-state index contributed by atoms with van der Waals surface area (Å²) in [4.78, 5) is 2.47. The van der Waals surface area contributed by atoms with Crippen LogP contribution in [-0.2, 0) is 6.54 Å². The number of benzene rings is 1. The molecule has 4 heteroatoms. The molecule has 0 saturated carbocycles. The number of hydrogen-bond donors (Lipinski definition) is 1. The predicted octanol–water partition coefficient (Wildman–Crippen LogP) is 4.20. The van der Waals surface area contributed by atoms with E-state index in [9.17, 15) is 0 Å². The normalized spacial score (nSPS) is 11.8. The Hall–Kier alpha value is -0.280. The summed E-state index contributed by atoms with van der Waals surface area (Å²) in [6.45, 7) is 11.7. The maximum absolute atomic E-state index is 5.98. The molecule has 0 unspecified atom stereocenters. The van der Waals surface area contributed by atoms with Crippen LogP contribution in [0.5, 0.6) is 0 Å². The predicted molar refractivity (Wildman–Crippen MR) is 85.1 cm³/mol. The molecule has 0 saturated heterocycles. The van der Waals surface area contributed by atoms with Gasteiger partial charge >= 0.3 is 0 Å². The SMILES string of the molecule is CC(C)N(CCNCc1cc(Cl)cc(Cl)c1)C(C)C. The molecule has 0 heterocycles. The van der Waals surface area contributed by atoms with Gasteiger partial charge < -0.3 is 5.32 Å². The van der Waals surface area contributed by atoms with Gasteiger partial charge in [0.25, 0.3) is 0 Å². The highest BCUT2D eigenvalue weighted by molar-refractivity contribution is 6.34. The molecule has 1 rings (SSSR count). The van der Waals surface area contributed by atoms with E-state index in [1.165, 1.54) is 0 Å². The van der Waals surface area contributed by atoms with Crippen LogP contribution in [0.4, 0.5) is 0 Å². The van der Waals surface area contributed by atoms with Crippen LogP contribution in [0.1, 0.15) is 33.3 Å². The number of nitrogens with zero attached hydrogens (tertiary/aromatic N) is 1. The van der Waals surface area contributed by atoms with Gasteiger partial charge in [0.2, 0.25) is 0 Å². The number of halogens is 2. The van der Waals surface area contributed by atoms with Crippen molar-refractivity contribution in [2.45, 2.75) is 46.3 Å². The van der Waals surface area contributed by atoms with Crippen molar-refractivity contribution in [2.24, 2.45) is 0 Å². The Labute approximate surface area is 127 Å². The first-order chi connectivity index (χ1) is 8.90. The smallest absolute Gasteiger partial charge is 0.0424 e. The Morgan fingerprint density at radius 3 is 2.00 bits per heavy atom. The average Bonchev–Trinajstić information content (AvgIpc) is 2.26. The first-order valence-corrected chi connectivity index (χ1v) is 7.57. The summed E-state index contributed by atoms with van der Waals surface area (Å²) >= 11 is 12.0. The highest BCUT2D eigenvalue weighted by Crippen LogP contribution is 2.18. The largest absolute Gasteiger partial charge is 0.311 e. The zero-order valence-corrected chi connectivity index (χ0v) is 13.7. The van der Waals surface area contributed by atoms with Crippen molar-refractivity contribution < 1.29 is 0 Å². The topological polar surface area (TPSA) is 15.3 Å².